The van der Waals surface area contributed by atoms with Crippen molar-refractivity contribution in [1.29, 1.82) is 0 Å². The topological polar surface area (TPSA) is 27.7 Å². The van der Waals surface area contributed by atoms with Crippen LogP contribution in [0, 0.1) is 0 Å². The van der Waals surface area contributed by atoms with Crippen molar-refractivity contribution >= 4 is 33.8 Å². The fourth-order valence-electron chi connectivity index (χ4n) is 4.38. The van der Waals surface area contributed by atoms with E-state index >= 15 is 0 Å². The summed E-state index contributed by atoms with van der Waals surface area (Å²) < 4.78 is 21.8. The Morgan fingerprint density at radius 3 is 1.14 bits per heavy atom. The zero-order valence-corrected chi connectivity index (χ0v) is 25.3. The molecule has 0 aliphatic rings. The van der Waals surface area contributed by atoms with Gasteiger partial charge in [0, 0.05) is 0 Å². The second-order valence-corrected chi connectivity index (χ2v) is 26.2. The van der Waals surface area contributed by atoms with Crippen LogP contribution in [0.25, 0.3) is 0 Å². The van der Waals surface area contributed by atoms with Gasteiger partial charge in [-0.25, -0.2) is 0 Å². The molecule has 0 amide bonds. The quantitative estimate of drug-likeness (QED) is 0.146. The van der Waals surface area contributed by atoms with Gasteiger partial charge in [0.15, 0.2) is 16.6 Å². The van der Waals surface area contributed by atoms with E-state index in [1.165, 1.54) is 36.3 Å². The molecule has 0 unspecified atom stereocenters. The van der Waals surface area contributed by atoms with Gasteiger partial charge in [-0.05, 0) is 66.9 Å². The zero-order valence-electron chi connectivity index (χ0n) is 21.3. The van der Waals surface area contributed by atoms with Gasteiger partial charge in [0.05, 0.1) is 0 Å². The van der Waals surface area contributed by atoms with E-state index in [4.69, 9.17) is 12.3 Å². The number of allylic oxidation sites excluding steroid dienone is 1. The summed E-state index contributed by atoms with van der Waals surface area (Å²) in [7, 11) is -8.10. The number of rotatable bonds is 18. The maximum atomic E-state index is 7.30. The molecule has 29 heavy (non-hydrogen) atoms. The highest BCUT2D eigenvalue weighted by Gasteiger charge is 2.51. The van der Waals surface area contributed by atoms with E-state index in [1.807, 2.05) is 0 Å². The van der Waals surface area contributed by atoms with Crippen molar-refractivity contribution in [3.05, 3.63) is 12.7 Å². The first kappa shape index (κ1) is 29.5. The Kier molecular flexibility index (Phi) is 14.0. The van der Waals surface area contributed by atoms with Crippen LogP contribution in [0.15, 0.2) is 12.7 Å². The molecule has 0 radical (unpaired) electrons. The van der Waals surface area contributed by atoms with Crippen LogP contribution in [0.3, 0.4) is 0 Å². The van der Waals surface area contributed by atoms with Crippen LogP contribution in [-0.4, -0.2) is 33.8 Å². The molecule has 0 aromatic heterocycles. The fraction of sp³-hybridized carbons (Fsp3) is 0.909. The number of hydrogen-bond donors (Lipinski definition) is 0. The number of hydrogen-bond acceptors (Lipinski definition) is 3. The molecule has 0 aliphatic heterocycles. The lowest BCUT2D eigenvalue weighted by atomic mass is 10.5. The average Bonchev–Trinajstić information content (AvgIpc) is 2.79. The second-order valence-electron chi connectivity index (χ2n) is 8.50. The Morgan fingerprint density at radius 2 is 0.862 bits per heavy atom. The third-order valence-electron chi connectivity index (χ3n) is 7.36. The van der Waals surface area contributed by atoms with Crippen LogP contribution in [0.2, 0.25) is 60.4 Å². The Bertz CT molecular complexity index is 435. The Labute approximate surface area is 187 Å². The minimum absolute atomic E-state index is 1.03. The van der Waals surface area contributed by atoms with Gasteiger partial charge in [-0.2, -0.15) is 0 Å². The summed E-state index contributed by atoms with van der Waals surface area (Å²) >= 11 is 0. The lowest BCUT2D eigenvalue weighted by Crippen LogP contribution is -2.61. The molecular formula is C22H52O3Si4. The molecule has 0 bridgehead atoms. The summed E-state index contributed by atoms with van der Waals surface area (Å²) in [5.41, 5.74) is 0. The van der Waals surface area contributed by atoms with Crippen molar-refractivity contribution in [2.45, 2.75) is 129 Å². The summed E-state index contributed by atoms with van der Waals surface area (Å²) in [6, 6.07) is 11.2. The SMILES string of the molecule is C=CCC[Si](CC)(CC)O[Si](CC)(CC)O[Si](CC)(CC)O[Si](CC)(CC)CC. The van der Waals surface area contributed by atoms with Crippen LogP contribution in [0.4, 0.5) is 0 Å². The van der Waals surface area contributed by atoms with E-state index in [0.717, 1.165) is 30.6 Å². The van der Waals surface area contributed by atoms with Crippen LogP contribution in [0.1, 0.15) is 68.7 Å². The van der Waals surface area contributed by atoms with Crippen molar-refractivity contribution in [2.75, 3.05) is 0 Å². The molecule has 0 saturated carbocycles. The molecule has 0 aromatic carbocycles. The van der Waals surface area contributed by atoms with Gasteiger partial charge in [-0.15, -0.1) is 6.58 Å². The molecule has 7 heteroatoms. The van der Waals surface area contributed by atoms with E-state index in [1.54, 1.807) is 0 Å². The molecular weight excluding hydrogens is 425 g/mol. The summed E-state index contributed by atoms with van der Waals surface area (Å²) in [6.07, 6.45) is 3.12. The molecule has 174 valence electrons. The minimum atomic E-state index is -2.30. The summed E-state index contributed by atoms with van der Waals surface area (Å²) in [6.45, 7) is 24.8. The van der Waals surface area contributed by atoms with Crippen LogP contribution in [-0.2, 0) is 12.3 Å². The van der Waals surface area contributed by atoms with Crippen molar-refractivity contribution < 1.29 is 12.3 Å². The molecule has 3 nitrogen and oxygen atoms in total. The molecule has 0 spiro atoms. The normalized spacial score (nSPS) is 13.7. The van der Waals surface area contributed by atoms with E-state index in [9.17, 15) is 0 Å². The largest absolute Gasteiger partial charge is 0.436 e. The minimum Gasteiger partial charge on any atom is -0.436 e. The van der Waals surface area contributed by atoms with Crippen molar-refractivity contribution in [2.24, 2.45) is 0 Å². The van der Waals surface area contributed by atoms with Gasteiger partial charge in [0.25, 0.3) is 0 Å². The molecule has 0 atom stereocenters. The molecule has 0 fully saturated rings. The standard InChI is InChI=1S/C22H52O3Si4/c1-11-21-22-27(15-5,16-6)24-29(19-9,20-10)25-28(17-7,18-8)23-26(12-2,13-3)14-4/h11H,1,12-22H2,2-10H3. The highest BCUT2D eigenvalue weighted by Crippen LogP contribution is 2.38. The van der Waals surface area contributed by atoms with Gasteiger partial charge in [-0.3, -0.25) is 0 Å². The van der Waals surface area contributed by atoms with Gasteiger partial charge < -0.3 is 12.3 Å². The van der Waals surface area contributed by atoms with E-state index in [0.29, 0.717) is 0 Å². The maximum absolute atomic E-state index is 7.30. The smallest absolute Gasteiger partial charge is 0.318 e. The second kappa shape index (κ2) is 13.8. The van der Waals surface area contributed by atoms with Crippen molar-refractivity contribution in [1.82, 2.24) is 0 Å². The first-order chi connectivity index (χ1) is 13.7. The summed E-state index contributed by atoms with van der Waals surface area (Å²) in [5.74, 6) is 0. The Hall–Kier alpha value is 0.488. The van der Waals surface area contributed by atoms with E-state index in [-0.39, 0.29) is 0 Å². The predicted octanol–water partition coefficient (Wildman–Crippen LogP) is 8.57. The zero-order chi connectivity index (χ0) is 22.6. The highest BCUT2D eigenvalue weighted by atomic mass is 28.5. The van der Waals surface area contributed by atoms with Crippen molar-refractivity contribution in [3.8, 4) is 0 Å². The lowest BCUT2D eigenvalue weighted by molar-refractivity contribution is 0.300. The van der Waals surface area contributed by atoms with Gasteiger partial charge in [-0.1, -0.05) is 68.4 Å². The third-order valence-corrected chi connectivity index (χ3v) is 28.7. The molecule has 0 aromatic rings. The van der Waals surface area contributed by atoms with Gasteiger partial charge in [0.2, 0.25) is 0 Å². The Balaban J connectivity index is 6.00. The van der Waals surface area contributed by atoms with Crippen LogP contribution < -0.4 is 0 Å². The predicted molar refractivity (Wildman–Crippen MR) is 140 cm³/mol. The lowest BCUT2D eigenvalue weighted by Gasteiger charge is -2.47. The molecule has 0 saturated heterocycles. The van der Waals surface area contributed by atoms with E-state index < -0.39 is 33.8 Å². The van der Waals surface area contributed by atoms with Gasteiger partial charge >= 0.3 is 17.1 Å². The summed E-state index contributed by atoms with van der Waals surface area (Å²) in [4.78, 5) is 0. The monoisotopic (exact) mass is 476 g/mol. The average molecular weight is 477 g/mol. The maximum Gasteiger partial charge on any atom is 0.318 e. The van der Waals surface area contributed by atoms with Crippen LogP contribution >= 0.6 is 0 Å². The molecule has 0 aliphatic carbocycles. The van der Waals surface area contributed by atoms with Crippen LogP contribution in [0.5, 0.6) is 0 Å². The first-order valence-electron chi connectivity index (χ1n) is 12.4. The molecule has 0 N–H and O–H groups in total. The third kappa shape index (κ3) is 7.84. The molecule has 0 heterocycles. The van der Waals surface area contributed by atoms with E-state index in [2.05, 4.69) is 75.0 Å². The Morgan fingerprint density at radius 1 is 0.517 bits per heavy atom. The first-order valence-corrected chi connectivity index (χ1v) is 22.0. The molecule has 0 rings (SSSR count). The van der Waals surface area contributed by atoms with Gasteiger partial charge in [0.1, 0.15) is 0 Å². The summed E-state index contributed by atoms with van der Waals surface area (Å²) in [5, 5.41) is 0. The highest BCUT2D eigenvalue weighted by molar-refractivity contribution is 6.91. The van der Waals surface area contributed by atoms with Crippen molar-refractivity contribution in [3.63, 3.8) is 0 Å². The fourth-order valence-corrected chi connectivity index (χ4v) is 26.8.